The van der Waals surface area contributed by atoms with Crippen molar-refractivity contribution in [3.63, 3.8) is 0 Å². The van der Waals surface area contributed by atoms with Gasteiger partial charge in [-0.15, -0.1) is 11.3 Å². The van der Waals surface area contributed by atoms with Gasteiger partial charge < -0.3 is 9.84 Å². The molecule has 1 aromatic heterocycles. The summed E-state index contributed by atoms with van der Waals surface area (Å²) in [6.07, 6.45) is 0. The molecule has 0 fully saturated rings. The number of sulfonamides is 1. The molecule has 0 saturated heterocycles. The number of anilines is 1. The minimum atomic E-state index is -3.92. The Bertz CT molecular complexity index is 1050. The van der Waals surface area contributed by atoms with E-state index in [1.807, 2.05) is 6.07 Å². The van der Waals surface area contributed by atoms with Crippen LogP contribution >= 0.6 is 27.3 Å². The Morgan fingerprint density at radius 2 is 1.77 bits per heavy atom. The summed E-state index contributed by atoms with van der Waals surface area (Å²) in [6.45, 7) is 0. The topological polar surface area (TPSA) is 92.7 Å². The van der Waals surface area contributed by atoms with Gasteiger partial charge in [-0.05, 0) is 52.3 Å². The molecule has 0 amide bonds. The number of ether oxygens (including phenoxy) is 1. The Kier molecular flexibility index (Phi) is 5.30. The second-order valence-corrected chi connectivity index (χ2v) is 9.46. The van der Waals surface area contributed by atoms with Gasteiger partial charge in [-0.3, -0.25) is 4.72 Å². The van der Waals surface area contributed by atoms with E-state index in [0.717, 1.165) is 11.3 Å². The second-order valence-electron chi connectivity index (χ2n) is 5.09. The van der Waals surface area contributed by atoms with Gasteiger partial charge in [0.2, 0.25) is 0 Å². The largest absolute Gasteiger partial charge is 0.478 e. The normalized spacial score (nSPS) is 11.1. The van der Waals surface area contributed by atoms with Gasteiger partial charge in [-0.25, -0.2) is 13.2 Å². The lowest BCUT2D eigenvalue weighted by Gasteiger charge is -2.12. The molecule has 0 aliphatic rings. The molecular weight excluding hydrogens is 442 g/mol. The first kappa shape index (κ1) is 18.4. The number of carbonyl (C=O) groups is 1. The number of hydrogen-bond donors (Lipinski definition) is 2. The van der Waals surface area contributed by atoms with Crippen LogP contribution in [0.5, 0.6) is 11.5 Å². The third-order valence-corrected chi connectivity index (χ3v) is 6.74. The predicted octanol–water partition coefficient (Wildman–Crippen LogP) is 4.80. The smallest absolute Gasteiger partial charge is 0.337 e. The summed E-state index contributed by atoms with van der Waals surface area (Å²) in [5.74, 6) is -0.390. The van der Waals surface area contributed by atoms with Crippen molar-refractivity contribution in [3.05, 3.63) is 70.0 Å². The quantitative estimate of drug-likeness (QED) is 0.558. The number of aromatic carboxylic acids is 1. The number of thiophene rings is 1. The van der Waals surface area contributed by atoms with E-state index >= 15 is 0 Å². The number of hydrogen-bond acceptors (Lipinski definition) is 5. The van der Waals surface area contributed by atoms with Gasteiger partial charge in [0, 0.05) is 6.07 Å². The molecule has 3 aromatic rings. The second kappa shape index (κ2) is 7.48. The van der Waals surface area contributed by atoms with Crippen molar-refractivity contribution in [2.75, 3.05) is 4.72 Å². The molecule has 6 nitrogen and oxygen atoms in total. The van der Waals surface area contributed by atoms with Crippen LogP contribution in [0.25, 0.3) is 0 Å². The van der Waals surface area contributed by atoms with Crippen molar-refractivity contribution in [1.29, 1.82) is 0 Å². The summed E-state index contributed by atoms with van der Waals surface area (Å²) in [4.78, 5) is 11.4. The summed E-state index contributed by atoms with van der Waals surface area (Å²) < 4.78 is 33.7. The van der Waals surface area contributed by atoms with Crippen molar-refractivity contribution in [2.24, 2.45) is 0 Å². The molecule has 0 atom stereocenters. The van der Waals surface area contributed by atoms with Crippen LogP contribution in [0.15, 0.2) is 68.7 Å². The van der Waals surface area contributed by atoms with E-state index in [-0.39, 0.29) is 15.5 Å². The van der Waals surface area contributed by atoms with Crippen molar-refractivity contribution in [2.45, 2.75) is 4.21 Å². The van der Waals surface area contributed by atoms with Crippen LogP contribution in [0.1, 0.15) is 10.4 Å². The van der Waals surface area contributed by atoms with E-state index in [1.54, 1.807) is 30.3 Å². The lowest BCUT2D eigenvalue weighted by molar-refractivity contribution is 0.0698. The van der Waals surface area contributed by atoms with Crippen molar-refractivity contribution < 1.29 is 23.1 Å². The first-order valence-corrected chi connectivity index (χ1v) is 10.3. The van der Waals surface area contributed by atoms with Gasteiger partial charge in [-0.2, -0.15) is 0 Å². The lowest BCUT2D eigenvalue weighted by Crippen LogP contribution is -2.14. The average Bonchev–Trinajstić information content (AvgIpc) is 3.03. The Morgan fingerprint density at radius 1 is 1.04 bits per heavy atom. The number of rotatable bonds is 6. The maximum atomic E-state index is 12.5. The number of carboxylic acids is 1. The van der Waals surface area contributed by atoms with Crippen molar-refractivity contribution >= 4 is 48.9 Å². The Morgan fingerprint density at radius 3 is 2.38 bits per heavy atom. The van der Waals surface area contributed by atoms with Crippen LogP contribution in [0.2, 0.25) is 0 Å². The van der Waals surface area contributed by atoms with Gasteiger partial charge in [0.1, 0.15) is 15.7 Å². The number of nitrogens with one attached hydrogen (secondary N) is 1. The van der Waals surface area contributed by atoms with Crippen LogP contribution in [-0.2, 0) is 10.0 Å². The molecule has 0 saturated carbocycles. The number of para-hydroxylation sites is 1. The fourth-order valence-electron chi connectivity index (χ4n) is 2.12. The van der Waals surface area contributed by atoms with Crippen molar-refractivity contribution in [1.82, 2.24) is 0 Å². The van der Waals surface area contributed by atoms with Gasteiger partial charge in [-0.1, -0.05) is 18.2 Å². The SMILES string of the molecule is O=C(O)c1ccc(Oc2ccccc2)cc1NS(=O)(=O)c1ccc(Br)s1. The summed E-state index contributed by atoms with van der Waals surface area (Å²) in [6, 6.07) is 16.0. The number of halogens is 1. The fraction of sp³-hybridized carbons (Fsp3) is 0. The number of carboxylic acid groups (broad SMARTS) is 1. The van der Waals surface area contributed by atoms with Gasteiger partial charge in [0.15, 0.2) is 0 Å². The zero-order valence-corrected chi connectivity index (χ0v) is 16.3. The molecule has 3 rings (SSSR count). The molecule has 9 heteroatoms. The maximum Gasteiger partial charge on any atom is 0.337 e. The highest BCUT2D eigenvalue weighted by molar-refractivity contribution is 9.11. The molecule has 0 aliphatic heterocycles. The zero-order chi connectivity index (χ0) is 18.7. The standard InChI is InChI=1S/C17H12BrNO5S2/c18-15-8-9-16(25-15)26(22,23)19-14-10-12(6-7-13(14)17(20)21)24-11-4-2-1-3-5-11/h1-10,19H,(H,20,21). The van der Waals surface area contributed by atoms with Crippen molar-refractivity contribution in [3.8, 4) is 11.5 Å². The Balaban J connectivity index is 1.96. The van der Waals surface area contributed by atoms with Crippen LogP contribution < -0.4 is 9.46 Å². The van der Waals surface area contributed by atoms with Crippen LogP contribution in [0, 0.1) is 0 Å². The first-order valence-electron chi connectivity index (χ1n) is 7.23. The molecule has 0 aliphatic carbocycles. The third-order valence-electron chi connectivity index (χ3n) is 3.26. The van der Waals surface area contributed by atoms with E-state index in [0.29, 0.717) is 15.3 Å². The van der Waals surface area contributed by atoms with Gasteiger partial charge in [0.25, 0.3) is 10.0 Å². The average molecular weight is 454 g/mol. The predicted molar refractivity (Wildman–Crippen MR) is 103 cm³/mol. The maximum absolute atomic E-state index is 12.5. The Hall–Kier alpha value is -2.36. The zero-order valence-electron chi connectivity index (χ0n) is 13.0. The van der Waals surface area contributed by atoms with E-state index in [4.69, 9.17) is 4.74 Å². The molecule has 0 radical (unpaired) electrons. The highest BCUT2D eigenvalue weighted by Crippen LogP contribution is 2.31. The highest BCUT2D eigenvalue weighted by atomic mass is 79.9. The van der Waals surface area contributed by atoms with Crippen LogP contribution in [0.3, 0.4) is 0 Å². The molecule has 2 aromatic carbocycles. The molecule has 0 bridgehead atoms. The first-order chi connectivity index (χ1) is 12.3. The fourth-order valence-corrected chi connectivity index (χ4v) is 5.20. The lowest BCUT2D eigenvalue weighted by atomic mass is 10.2. The minimum absolute atomic E-state index is 0.0649. The van der Waals surface area contributed by atoms with E-state index < -0.39 is 16.0 Å². The molecular formula is C17H12BrNO5S2. The summed E-state index contributed by atoms with van der Waals surface area (Å²) in [5, 5.41) is 9.34. The molecule has 134 valence electrons. The molecule has 26 heavy (non-hydrogen) atoms. The summed E-state index contributed by atoms with van der Waals surface area (Å²) in [5.41, 5.74) is -0.250. The van der Waals surface area contributed by atoms with E-state index in [2.05, 4.69) is 20.7 Å². The molecule has 0 spiro atoms. The Labute approximate surface area is 162 Å². The monoisotopic (exact) mass is 453 g/mol. The highest BCUT2D eigenvalue weighted by Gasteiger charge is 2.21. The summed E-state index contributed by atoms with van der Waals surface area (Å²) >= 11 is 4.23. The third kappa shape index (κ3) is 4.24. The molecule has 0 unspecified atom stereocenters. The van der Waals surface area contributed by atoms with E-state index in [1.165, 1.54) is 24.3 Å². The van der Waals surface area contributed by atoms with Crippen LogP contribution in [0.4, 0.5) is 5.69 Å². The minimum Gasteiger partial charge on any atom is -0.478 e. The van der Waals surface area contributed by atoms with Gasteiger partial charge in [0.05, 0.1) is 15.0 Å². The van der Waals surface area contributed by atoms with E-state index in [9.17, 15) is 18.3 Å². The van der Waals surface area contributed by atoms with Crippen LogP contribution in [-0.4, -0.2) is 19.5 Å². The molecule has 2 N–H and O–H groups in total. The van der Waals surface area contributed by atoms with Gasteiger partial charge >= 0.3 is 5.97 Å². The summed E-state index contributed by atoms with van der Waals surface area (Å²) in [7, 11) is -3.92. The molecule has 1 heterocycles. The number of benzene rings is 2.